The van der Waals surface area contributed by atoms with Crippen molar-refractivity contribution in [1.29, 1.82) is 0 Å². The Balaban J connectivity index is 1.70. The van der Waals surface area contributed by atoms with Crippen LogP contribution in [-0.4, -0.2) is 40.1 Å². The number of pyridine rings is 1. The minimum absolute atomic E-state index is 0.206. The van der Waals surface area contributed by atoms with Gasteiger partial charge in [-0.15, -0.1) is 0 Å². The number of amides is 2. The second-order valence-electron chi connectivity index (χ2n) is 5.41. The summed E-state index contributed by atoms with van der Waals surface area (Å²) in [5.41, 5.74) is 1.42. The molecule has 0 saturated carbocycles. The Morgan fingerprint density at radius 2 is 1.91 bits per heavy atom. The number of rotatable bonds is 2. The van der Waals surface area contributed by atoms with Crippen LogP contribution in [0, 0.1) is 5.92 Å². The first kappa shape index (κ1) is 14.3. The van der Waals surface area contributed by atoms with E-state index in [1.165, 1.54) is 0 Å². The van der Waals surface area contributed by atoms with Gasteiger partial charge in [0, 0.05) is 24.7 Å². The van der Waals surface area contributed by atoms with Crippen molar-refractivity contribution >= 4 is 28.6 Å². The molecule has 6 nitrogen and oxygen atoms in total. The first-order valence-corrected chi connectivity index (χ1v) is 7.27. The molecule has 114 valence electrons. The molecule has 0 atom stereocenters. The molecule has 1 saturated heterocycles. The van der Waals surface area contributed by atoms with Gasteiger partial charge in [-0.05, 0) is 25.0 Å². The molecule has 1 aromatic carbocycles. The smallest absolute Gasteiger partial charge is 0.321 e. The van der Waals surface area contributed by atoms with Gasteiger partial charge in [-0.1, -0.05) is 18.2 Å². The fourth-order valence-electron chi connectivity index (χ4n) is 2.73. The summed E-state index contributed by atoms with van der Waals surface area (Å²) in [4.78, 5) is 29.2. The fraction of sp³-hybridized carbons (Fsp3) is 0.312. The molecule has 0 spiro atoms. The third kappa shape index (κ3) is 2.86. The number of carbonyl (C=O) groups is 2. The normalized spacial score (nSPS) is 15.7. The monoisotopic (exact) mass is 299 g/mol. The number of piperidine rings is 1. The lowest BCUT2D eigenvalue weighted by atomic mass is 9.97. The molecule has 2 heterocycles. The van der Waals surface area contributed by atoms with Gasteiger partial charge in [0.25, 0.3) is 0 Å². The summed E-state index contributed by atoms with van der Waals surface area (Å²) in [5, 5.41) is 12.8. The molecule has 0 unspecified atom stereocenters. The summed E-state index contributed by atoms with van der Waals surface area (Å²) < 4.78 is 0. The van der Waals surface area contributed by atoms with Gasteiger partial charge in [0.15, 0.2) is 0 Å². The first-order valence-electron chi connectivity index (χ1n) is 7.27. The average molecular weight is 299 g/mol. The number of hydrogen-bond acceptors (Lipinski definition) is 3. The van der Waals surface area contributed by atoms with Crippen LogP contribution in [-0.2, 0) is 4.79 Å². The van der Waals surface area contributed by atoms with E-state index in [2.05, 4.69) is 10.3 Å². The van der Waals surface area contributed by atoms with Crippen LogP contribution in [0.4, 0.5) is 10.5 Å². The summed E-state index contributed by atoms with van der Waals surface area (Å²) in [6, 6.07) is 9.21. The molecule has 0 bridgehead atoms. The van der Waals surface area contributed by atoms with Crippen molar-refractivity contribution in [3.05, 3.63) is 36.5 Å². The highest BCUT2D eigenvalue weighted by molar-refractivity contribution is 5.99. The SMILES string of the molecule is O=C(O)C1CCN(C(=O)Nc2cccc3cccnc23)CC1. The number of anilines is 1. The molecule has 1 aromatic heterocycles. The van der Waals surface area contributed by atoms with Crippen molar-refractivity contribution in [2.75, 3.05) is 18.4 Å². The zero-order valence-corrected chi connectivity index (χ0v) is 12.0. The molecule has 2 aromatic rings. The van der Waals surface area contributed by atoms with Crippen molar-refractivity contribution in [3.8, 4) is 0 Å². The van der Waals surface area contributed by atoms with E-state index in [-0.39, 0.29) is 11.9 Å². The Morgan fingerprint density at radius 1 is 1.18 bits per heavy atom. The van der Waals surface area contributed by atoms with Crippen LogP contribution in [0.3, 0.4) is 0 Å². The van der Waals surface area contributed by atoms with Crippen molar-refractivity contribution in [2.24, 2.45) is 5.92 Å². The maximum absolute atomic E-state index is 12.3. The quantitative estimate of drug-likeness (QED) is 0.892. The fourth-order valence-corrected chi connectivity index (χ4v) is 2.73. The van der Waals surface area contributed by atoms with E-state index < -0.39 is 5.97 Å². The molecule has 6 heteroatoms. The lowest BCUT2D eigenvalue weighted by Gasteiger charge is -2.30. The number of benzene rings is 1. The standard InChI is InChI=1S/C16H17N3O3/c20-15(21)12-6-9-19(10-7-12)16(22)18-13-5-1-3-11-4-2-8-17-14(11)13/h1-5,8,12H,6-7,9-10H2,(H,18,22)(H,20,21). The number of aliphatic carboxylic acids is 1. The van der Waals surface area contributed by atoms with E-state index in [4.69, 9.17) is 5.11 Å². The van der Waals surface area contributed by atoms with Gasteiger partial charge in [-0.2, -0.15) is 0 Å². The van der Waals surface area contributed by atoms with Gasteiger partial charge in [0.2, 0.25) is 0 Å². The van der Waals surface area contributed by atoms with E-state index >= 15 is 0 Å². The summed E-state index contributed by atoms with van der Waals surface area (Å²) in [6.45, 7) is 0.919. The van der Waals surface area contributed by atoms with Crippen LogP contribution >= 0.6 is 0 Å². The van der Waals surface area contributed by atoms with Gasteiger partial charge in [-0.25, -0.2) is 4.79 Å². The Kier molecular flexibility index (Phi) is 3.91. The Labute approximate surface area is 127 Å². The van der Waals surface area contributed by atoms with E-state index in [0.29, 0.717) is 31.6 Å². The second-order valence-corrected chi connectivity index (χ2v) is 5.41. The summed E-state index contributed by atoms with van der Waals surface area (Å²) >= 11 is 0. The summed E-state index contributed by atoms with van der Waals surface area (Å²) in [6.07, 6.45) is 2.68. The molecule has 0 radical (unpaired) electrons. The zero-order valence-electron chi connectivity index (χ0n) is 12.0. The molecule has 2 N–H and O–H groups in total. The van der Waals surface area contributed by atoms with Crippen molar-refractivity contribution in [2.45, 2.75) is 12.8 Å². The summed E-state index contributed by atoms with van der Waals surface area (Å²) in [7, 11) is 0. The van der Waals surface area contributed by atoms with Gasteiger partial charge in [-0.3, -0.25) is 9.78 Å². The number of nitrogens with one attached hydrogen (secondary N) is 1. The van der Waals surface area contributed by atoms with Crippen LogP contribution in [0.5, 0.6) is 0 Å². The number of urea groups is 1. The minimum atomic E-state index is -0.779. The van der Waals surface area contributed by atoms with Gasteiger partial charge < -0.3 is 15.3 Å². The van der Waals surface area contributed by atoms with Crippen LogP contribution in [0.2, 0.25) is 0 Å². The van der Waals surface area contributed by atoms with Crippen LogP contribution in [0.15, 0.2) is 36.5 Å². The largest absolute Gasteiger partial charge is 0.481 e. The molecule has 1 aliphatic heterocycles. The molecular formula is C16H17N3O3. The van der Waals surface area contributed by atoms with Gasteiger partial charge >= 0.3 is 12.0 Å². The van der Waals surface area contributed by atoms with E-state index in [1.54, 1.807) is 11.1 Å². The third-order valence-corrected chi connectivity index (χ3v) is 4.01. The number of aromatic nitrogens is 1. The molecule has 22 heavy (non-hydrogen) atoms. The van der Waals surface area contributed by atoms with Crippen LogP contribution in [0.25, 0.3) is 10.9 Å². The first-order chi connectivity index (χ1) is 10.6. The summed E-state index contributed by atoms with van der Waals surface area (Å²) in [5.74, 6) is -1.12. The van der Waals surface area contributed by atoms with Gasteiger partial charge in [0.05, 0.1) is 17.1 Å². The second kappa shape index (κ2) is 6.01. The molecule has 3 rings (SSSR count). The predicted octanol–water partition coefficient (Wildman–Crippen LogP) is 2.56. The van der Waals surface area contributed by atoms with Crippen molar-refractivity contribution in [1.82, 2.24) is 9.88 Å². The van der Waals surface area contributed by atoms with Crippen molar-refractivity contribution < 1.29 is 14.7 Å². The molecular weight excluding hydrogens is 282 g/mol. The van der Waals surface area contributed by atoms with Crippen LogP contribution < -0.4 is 5.32 Å². The number of para-hydroxylation sites is 1. The number of nitrogens with zero attached hydrogens (tertiary/aromatic N) is 2. The number of carboxylic acids is 1. The van der Waals surface area contributed by atoms with Crippen LogP contribution in [0.1, 0.15) is 12.8 Å². The number of carboxylic acid groups (broad SMARTS) is 1. The molecule has 2 amide bonds. The highest BCUT2D eigenvalue weighted by Crippen LogP contribution is 2.22. The lowest BCUT2D eigenvalue weighted by molar-refractivity contribution is -0.143. The van der Waals surface area contributed by atoms with Gasteiger partial charge in [0.1, 0.15) is 0 Å². The lowest BCUT2D eigenvalue weighted by Crippen LogP contribution is -2.42. The topological polar surface area (TPSA) is 82.5 Å². The number of fused-ring (bicyclic) bond motifs is 1. The number of likely N-dealkylation sites (tertiary alicyclic amines) is 1. The Bertz CT molecular complexity index is 703. The third-order valence-electron chi connectivity index (χ3n) is 4.01. The minimum Gasteiger partial charge on any atom is -0.481 e. The molecule has 0 aliphatic carbocycles. The highest BCUT2D eigenvalue weighted by Gasteiger charge is 2.27. The van der Waals surface area contributed by atoms with E-state index in [1.807, 2.05) is 30.3 Å². The number of hydrogen-bond donors (Lipinski definition) is 2. The Hall–Kier alpha value is -2.63. The Morgan fingerprint density at radius 3 is 2.64 bits per heavy atom. The molecule has 1 fully saturated rings. The highest BCUT2D eigenvalue weighted by atomic mass is 16.4. The predicted molar refractivity (Wildman–Crippen MR) is 82.7 cm³/mol. The number of carbonyl (C=O) groups excluding carboxylic acids is 1. The maximum Gasteiger partial charge on any atom is 0.321 e. The molecule has 1 aliphatic rings. The van der Waals surface area contributed by atoms with E-state index in [0.717, 1.165) is 10.9 Å². The van der Waals surface area contributed by atoms with E-state index in [9.17, 15) is 9.59 Å². The van der Waals surface area contributed by atoms with Crippen molar-refractivity contribution in [3.63, 3.8) is 0 Å². The zero-order chi connectivity index (χ0) is 15.5. The average Bonchev–Trinajstić information content (AvgIpc) is 2.55. The maximum atomic E-state index is 12.3.